The van der Waals surface area contributed by atoms with Crippen molar-refractivity contribution in [2.45, 2.75) is 13.1 Å². The van der Waals surface area contributed by atoms with Crippen LogP contribution in [0.5, 0.6) is 0 Å². The molecule has 1 N–H and O–H groups in total. The first kappa shape index (κ1) is 17.8. The third-order valence-electron chi connectivity index (χ3n) is 4.06. The van der Waals surface area contributed by atoms with Gasteiger partial charge in [0.25, 0.3) is 5.56 Å². The molecule has 11 heteroatoms. The van der Waals surface area contributed by atoms with Crippen LogP contribution in [0.1, 0.15) is 0 Å². The van der Waals surface area contributed by atoms with Gasteiger partial charge in [0, 0.05) is 11.9 Å². The van der Waals surface area contributed by atoms with E-state index in [1.165, 1.54) is 20.7 Å². The third-order valence-corrected chi connectivity index (χ3v) is 4.90. The number of rotatable bonds is 6. The number of fused-ring (bicyclic) bond motifs is 1. The van der Waals surface area contributed by atoms with Crippen molar-refractivity contribution in [1.29, 1.82) is 0 Å². The number of tetrazole rings is 1. The summed E-state index contributed by atoms with van der Waals surface area (Å²) in [6.07, 6.45) is 1.55. The van der Waals surface area contributed by atoms with Gasteiger partial charge in [-0.1, -0.05) is 18.2 Å². The summed E-state index contributed by atoms with van der Waals surface area (Å²) in [5.41, 5.74) is -0.715. The van der Waals surface area contributed by atoms with E-state index in [2.05, 4.69) is 20.8 Å². The molecular formula is C17H15N7O3S. The number of thiophene rings is 1. The van der Waals surface area contributed by atoms with Gasteiger partial charge in [-0.05, 0) is 34.0 Å². The molecule has 28 heavy (non-hydrogen) atoms. The number of aromatic nitrogens is 6. The van der Waals surface area contributed by atoms with Crippen LogP contribution in [0.3, 0.4) is 0 Å². The van der Waals surface area contributed by atoms with Crippen molar-refractivity contribution in [2.24, 2.45) is 0 Å². The Bertz CT molecular complexity index is 1240. The predicted octanol–water partition coefficient (Wildman–Crippen LogP) is 0.0168. The minimum absolute atomic E-state index is 0.163. The van der Waals surface area contributed by atoms with E-state index in [1.807, 2.05) is 17.5 Å². The van der Waals surface area contributed by atoms with Gasteiger partial charge < -0.3 is 5.32 Å². The van der Waals surface area contributed by atoms with Gasteiger partial charge in [0.05, 0.1) is 18.1 Å². The molecule has 0 radical (unpaired) electrons. The van der Waals surface area contributed by atoms with Crippen LogP contribution < -0.4 is 16.6 Å². The molecule has 3 heterocycles. The van der Waals surface area contributed by atoms with E-state index in [-0.39, 0.29) is 36.8 Å². The largest absolute Gasteiger partial charge is 0.369 e. The van der Waals surface area contributed by atoms with Gasteiger partial charge in [-0.2, -0.15) is 14.5 Å². The van der Waals surface area contributed by atoms with Crippen molar-refractivity contribution in [2.75, 3.05) is 6.54 Å². The fourth-order valence-electron chi connectivity index (χ4n) is 2.68. The summed E-state index contributed by atoms with van der Waals surface area (Å²) in [4.78, 5) is 36.7. The molecule has 3 aromatic heterocycles. The SMILES string of the molecule is O=C(Cn1ncc2ccccc2c1=O)NCCn1nnn(-c2cccs2)c1=O. The highest BCUT2D eigenvalue weighted by molar-refractivity contribution is 7.12. The van der Waals surface area contributed by atoms with Gasteiger partial charge in [0.1, 0.15) is 11.5 Å². The molecule has 142 valence electrons. The number of hydrogen-bond donors (Lipinski definition) is 1. The lowest BCUT2D eigenvalue weighted by Crippen LogP contribution is -2.36. The van der Waals surface area contributed by atoms with E-state index in [9.17, 15) is 14.4 Å². The lowest BCUT2D eigenvalue weighted by molar-refractivity contribution is -0.121. The Balaban J connectivity index is 1.38. The van der Waals surface area contributed by atoms with Crippen LogP contribution in [0.4, 0.5) is 0 Å². The van der Waals surface area contributed by atoms with Crippen molar-refractivity contribution >= 4 is 28.0 Å². The van der Waals surface area contributed by atoms with E-state index >= 15 is 0 Å². The van der Waals surface area contributed by atoms with Crippen LogP contribution in [0.25, 0.3) is 15.8 Å². The Hall–Kier alpha value is -3.60. The van der Waals surface area contributed by atoms with Gasteiger partial charge in [-0.15, -0.1) is 11.3 Å². The van der Waals surface area contributed by atoms with Gasteiger partial charge in [0.15, 0.2) is 0 Å². The summed E-state index contributed by atoms with van der Waals surface area (Å²) in [6, 6.07) is 10.6. The minimum atomic E-state index is -0.386. The van der Waals surface area contributed by atoms with Gasteiger partial charge >= 0.3 is 5.69 Å². The molecule has 4 aromatic rings. The summed E-state index contributed by atoms with van der Waals surface area (Å²) < 4.78 is 3.47. The van der Waals surface area contributed by atoms with Gasteiger partial charge in [-0.3, -0.25) is 9.59 Å². The molecule has 0 aliphatic carbocycles. The predicted molar refractivity (Wildman–Crippen MR) is 103 cm³/mol. The summed E-state index contributed by atoms with van der Waals surface area (Å²) in [5, 5.41) is 18.0. The summed E-state index contributed by atoms with van der Waals surface area (Å²) in [7, 11) is 0. The molecule has 0 saturated carbocycles. The third kappa shape index (κ3) is 3.47. The van der Waals surface area contributed by atoms with Crippen LogP contribution in [-0.4, -0.2) is 42.0 Å². The van der Waals surface area contributed by atoms with Crippen molar-refractivity contribution in [3.05, 3.63) is 68.8 Å². The van der Waals surface area contributed by atoms with Crippen molar-refractivity contribution in [1.82, 2.24) is 34.9 Å². The molecule has 10 nitrogen and oxygen atoms in total. The fraction of sp³-hybridized carbons (Fsp3) is 0.176. The maximum Gasteiger partial charge on any atom is 0.369 e. The average molecular weight is 397 g/mol. The van der Waals surface area contributed by atoms with Crippen LogP contribution in [0, 0.1) is 0 Å². The highest BCUT2D eigenvalue weighted by Gasteiger charge is 2.11. The van der Waals surface area contributed by atoms with Crippen molar-refractivity contribution < 1.29 is 4.79 Å². The molecule has 0 saturated heterocycles. The fourth-order valence-corrected chi connectivity index (χ4v) is 3.34. The number of carbonyl (C=O) groups excluding carboxylic acids is 1. The maximum absolute atomic E-state index is 12.4. The number of nitrogens with one attached hydrogen (secondary N) is 1. The van der Waals surface area contributed by atoms with E-state index in [0.29, 0.717) is 10.4 Å². The number of hydrogen-bond acceptors (Lipinski definition) is 7. The zero-order valence-corrected chi connectivity index (χ0v) is 15.4. The highest BCUT2D eigenvalue weighted by atomic mass is 32.1. The van der Waals surface area contributed by atoms with E-state index in [1.54, 1.807) is 30.5 Å². The molecule has 4 rings (SSSR count). The Labute approximate surface area is 161 Å². The first-order valence-electron chi connectivity index (χ1n) is 8.42. The second kappa shape index (κ2) is 7.56. The quantitative estimate of drug-likeness (QED) is 0.490. The van der Waals surface area contributed by atoms with Crippen LogP contribution in [0.2, 0.25) is 0 Å². The summed E-state index contributed by atoms with van der Waals surface area (Å²) in [5.74, 6) is -0.386. The molecule has 0 spiro atoms. The molecule has 0 unspecified atom stereocenters. The normalized spacial score (nSPS) is 11.0. The number of carbonyl (C=O) groups is 1. The molecule has 0 atom stereocenters. The molecular weight excluding hydrogens is 382 g/mol. The first-order valence-corrected chi connectivity index (χ1v) is 9.30. The molecule has 0 aliphatic rings. The standard InChI is InChI=1S/C17H15N7O3S/c25-14(11-23-16(26)13-5-2-1-4-12(13)10-19-23)18-7-8-22-17(27)24(21-20-22)15-6-3-9-28-15/h1-6,9-10H,7-8,11H2,(H,18,25). The first-order chi connectivity index (χ1) is 13.6. The van der Waals surface area contributed by atoms with Crippen molar-refractivity contribution in [3.8, 4) is 5.00 Å². The Morgan fingerprint density at radius 1 is 1.07 bits per heavy atom. The Morgan fingerprint density at radius 3 is 2.75 bits per heavy atom. The number of amides is 1. The van der Waals surface area contributed by atoms with Gasteiger partial charge in [-0.25, -0.2) is 9.48 Å². The van der Waals surface area contributed by atoms with E-state index < -0.39 is 0 Å². The Kier molecular flexibility index (Phi) is 4.81. The van der Waals surface area contributed by atoms with Gasteiger partial charge in [0.2, 0.25) is 5.91 Å². The maximum atomic E-state index is 12.4. The summed E-state index contributed by atoms with van der Waals surface area (Å²) >= 11 is 1.37. The van der Waals surface area contributed by atoms with Crippen LogP contribution >= 0.6 is 11.3 Å². The second-order valence-electron chi connectivity index (χ2n) is 5.89. The monoisotopic (exact) mass is 397 g/mol. The molecule has 0 bridgehead atoms. The zero-order valence-electron chi connectivity index (χ0n) is 14.6. The molecule has 1 aromatic carbocycles. The molecule has 0 fully saturated rings. The number of benzene rings is 1. The second-order valence-corrected chi connectivity index (χ2v) is 6.82. The minimum Gasteiger partial charge on any atom is -0.353 e. The van der Waals surface area contributed by atoms with Crippen molar-refractivity contribution in [3.63, 3.8) is 0 Å². The molecule has 0 aliphatic heterocycles. The van der Waals surface area contributed by atoms with Crippen LogP contribution in [0.15, 0.2) is 57.6 Å². The lowest BCUT2D eigenvalue weighted by Gasteiger charge is -2.07. The molecule has 1 amide bonds. The zero-order chi connectivity index (χ0) is 19.5. The Morgan fingerprint density at radius 2 is 1.93 bits per heavy atom. The summed E-state index contributed by atoms with van der Waals surface area (Å²) in [6.45, 7) is 0.126. The topological polar surface area (TPSA) is 117 Å². The lowest BCUT2D eigenvalue weighted by atomic mass is 10.2. The number of nitrogens with zero attached hydrogens (tertiary/aromatic N) is 6. The van der Waals surface area contributed by atoms with E-state index in [0.717, 1.165) is 10.1 Å². The highest BCUT2D eigenvalue weighted by Crippen LogP contribution is 2.10. The van der Waals surface area contributed by atoms with E-state index in [4.69, 9.17) is 0 Å². The average Bonchev–Trinajstić information content (AvgIpc) is 3.35. The van der Waals surface area contributed by atoms with Crippen LogP contribution in [-0.2, 0) is 17.9 Å². The smallest absolute Gasteiger partial charge is 0.353 e.